The Morgan fingerprint density at radius 2 is 2.35 bits per heavy atom. The van der Waals surface area contributed by atoms with Crippen LogP contribution >= 0.6 is 11.3 Å². The van der Waals surface area contributed by atoms with Gasteiger partial charge in [0.05, 0.1) is 11.1 Å². The fraction of sp³-hybridized carbons (Fsp3) is 0.0909. The van der Waals surface area contributed by atoms with Gasteiger partial charge in [-0.25, -0.2) is 4.98 Å². The first-order valence-corrected chi connectivity index (χ1v) is 5.82. The van der Waals surface area contributed by atoms with E-state index in [0.29, 0.717) is 16.4 Å². The first-order valence-electron chi connectivity index (χ1n) is 4.94. The van der Waals surface area contributed by atoms with E-state index in [2.05, 4.69) is 10.3 Å². The van der Waals surface area contributed by atoms with E-state index in [1.165, 1.54) is 11.3 Å². The molecule has 0 spiro atoms. The summed E-state index contributed by atoms with van der Waals surface area (Å²) in [5.41, 5.74) is 1.47. The monoisotopic (exact) mass is 248 g/mol. The van der Waals surface area contributed by atoms with E-state index in [-0.39, 0.29) is 18.4 Å². The predicted molar refractivity (Wildman–Crippen MR) is 63.3 cm³/mol. The first kappa shape index (κ1) is 10.1. The molecule has 2 N–H and O–H groups in total. The van der Waals surface area contributed by atoms with Gasteiger partial charge in [0.15, 0.2) is 6.61 Å². The van der Waals surface area contributed by atoms with Crippen molar-refractivity contribution in [3.05, 3.63) is 23.6 Å². The van der Waals surface area contributed by atoms with Gasteiger partial charge in [-0.3, -0.25) is 4.79 Å². The summed E-state index contributed by atoms with van der Waals surface area (Å²) in [6, 6.07) is 5.40. The number of carbonyl (C=O) groups is 1. The van der Waals surface area contributed by atoms with E-state index < -0.39 is 0 Å². The number of anilines is 1. The van der Waals surface area contributed by atoms with Gasteiger partial charge in [0.25, 0.3) is 5.91 Å². The number of nitrogens with one attached hydrogen (secondary N) is 1. The summed E-state index contributed by atoms with van der Waals surface area (Å²) >= 11 is 1.34. The summed E-state index contributed by atoms with van der Waals surface area (Å²) in [6.45, 7) is 0.0460. The zero-order valence-electron chi connectivity index (χ0n) is 8.64. The Kier molecular flexibility index (Phi) is 2.22. The van der Waals surface area contributed by atoms with E-state index in [4.69, 9.17) is 4.74 Å². The summed E-state index contributed by atoms with van der Waals surface area (Å²) in [5, 5.41) is 14.2. The molecule has 6 heteroatoms. The molecule has 0 radical (unpaired) electrons. The van der Waals surface area contributed by atoms with Crippen molar-refractivity contribution in [2.75, 3.05) is 11.9 Å². The highest BCUT2D eigenvalue weighted by Gasteiger charge is 2.16. The average molecular weight is 248 g/mol. The molecule has 0 saturated carbocycles. The Bertz CT molecular complexity index is 594. The molecule has 0 fully saturated rings. The highest BCUT2D eigenvalue weighted by atomic mass is 32.1. The molecule has 17 heavy (non-hydrogen) atoms. The lowest BCUT2D eigenvalue weighted by Gasteiger charge is -2.18. The maximum absolute atomic E-state index is 11.2. The fourth-order valence-corrected chi connectivity index (χ4v) is 2.29. The van der Waals surface area contributed by atoms with Gasteiger partial charge in [-0.2, -0.15) is 0 Å². The number of amides is 1. The van der Waals surface area contributed by atoms with Crippen molar-refractivity contribution in [3.8, 4) is 22.2 Å². The number of aromatic nitrogens is 1. The van der Waals surface area contributed by atoms with Crippen LogP contribution < -0.4 is 10.1 Å². The molecular weight excluding hydrogens is 240 g/mol. The van der Waals surface area contributed by atoms with Gasteiger partial charge in [0, 0.05) is 5.56 Å². The second-order valence-corrected chi connectivity index (χ2v) is 4.42. The number of carbonyl (C=O) groups excluding carboxylic acids is 1. The molecule has 1 aromatic heterocycles. The van der Waals surface area contributed by atoms with Crippen LogP contribution in [0.25, 0.3) is 10.6 Å². The molecule has 2 heterocycles. The van der Waals surface area contributed by atoms with Gasteiger partial charge in [-0.05, 0) is 18.2 Å². The largest absolute Gasteiger partial charge is 0.493 e. The molecule has 86 valence electrons. The number of aromatic hydroxyl groups is 1. The van der Waals surface area contributed by atoms with Crippen LogP contribution in [0, 0.1) is 0 Å². The Morgan fingerprint density at radius 3 is 3.12 bits per heavy atom. The number of ether oxygens (including phenoxy) is 1. The third-order valence-electron chi connectivity index (χ3n) is 2.35. The number of fused-ring (bicyclic) bond motifs is 1. The van der Waals surface area contributed by atoms with Crippen molar-refractivity contribution in [3.63, 3.8) is 0 Å². The van der Waals surface area contributed by atoms with Crippen LogP contribution in [0.2, 0.25) is 0 Å². The lowest BCUT2D eigenvalue weighted by atomic mass is 10.2. The molecular formula is C11H8N2O3S. The van der Waals surface area contributed by atoms with Crippen LogP contribution in [0.3, 0.4) is 0 Å². The van der Waals surface area contributed by atoms with E-state index in [1.807, 2.05) is 6.07 Å². The van der Waals surface area contributed by atoms with Crippen molar-refractivity contribution in [2.24, 2.45) is 0 Å². The highest BCUT2D eigenvalue weighted by Crippen LogP contribution is 2.34. The van der Waals surface area contributed by atoms with Crippen LogP contribution in [-0.2, 0) is 4.79 Å². The second kappa shape index (κ2) is 3.74. The van der Waals surface area contributed by atoms with Crippen LogP contribution in [0.4, 0.5) is 5.69 Å². The van der Waals surface area contributed by atoms with E-state index in [9.17, 15) is 9.90 Å². The second-order valence-electron chi connectivity index (χ2n) is 3.56. The number of rotatable bonds is 1. The van der Waals surface area contributed by atoms with Crippen molar-refractivity contribution in [1.82, 2.24) is 4.98 Å². The van der Waals surface area contributed by atoms with Crippen LogP contribution in [0.5, 0.6) is 11.6 Å². The Morgan fingerprint density at radius 1 is 1.47 bits per heavy atom. The topological polar surface area (TPSA) is 71.5 Å². The highest BCUT2D eigenvalue weighted by molar-refractivity contribution is 7.13. The van der Waals surface area contributed by atoms with Crippen molar-refractivity contribution in [2.45, 2.75) is 0 Å². The Balaban J connectivity index is 2.03. The van der Waals surface area contributed by atoms with E-state index in [0.717, 1.165) is 5.56 Å². The minimum absolute atomic E-state index is 0.00278. The van der Waals surface area contributed by atoms with Crippen molar-refractivity contribution < 1.29 is 14.6 Å². The smallest absolute Gasteiger partial charge is 0.262 e. The number of nitrogens with zero attached hydrogens (tertiary/aromatic N) is 1. The zero-order chi connectivity index (χ0) is 11.8. The molecule has 2 aromatic rings. The van der Waals surface area contributed by atoms with Crippen LogP contribution in [0.15, 0.2) is 23.6 Å². The summed E-state index contributed by atoms with van der Waals surface area (Å²) in [7, 11) is 0. The quantitative estimate of drug-likeness (QED) is 0.807. The molecule has 0 aliphatic carbocycles. The summed E-state index contributed by atoms with van der Waals surface area (Å²) in [4.78, 5) is 15.2. The minimum Gasteiger partial charge on any atom is -0.493 e. The van der Waals surface area contributed by atoms with Crippen molar-refractivity contribution in [1.29, 1.82) is 0 Å². The fourth-order valence-electron chi connectivity index (χ4n) is 1.61. The molecule has 0 atom stereocenters. The van der Waals surface area contributed by atoms with Gasteiger partial charge < -0.3 is 15.2 Å². The average Bonchev–Trinajstić information content (AvgIpc) is 2.75. The van der Waals surface area contributed by atoms with Gasteiger partial charge >= 0.3 is 0 Å². The number of benzene rings is 1. The summed E-state index contributed by atoms with van der Waals surface area (Å²) in [6.07, 6.45) is 0. The molecule has 0 bridgehead atoms. The maximum Gasteiger partial charge on any atom is 0.262 e. The van der Waals surface area contributed by atoms with Crippen LogP contribution in [0.1, 0.15) is 0 Å². The lowest BCUT2D eigenvalue weighted by Crippen LogP contribution is -2.25. The Hall–Kier alpha value is -2.08. The molecule has 3 rings (SSSR count). The molecule has 1 amide bonds. The molecule has 1 aliphatic heterocycles. The SMILES string of the molecule is O=C1COc2ccc(-c3nc(O)cs3)cc2N1. The van der Waals surface area contributed by atoms with Gasteiger partial charge in [0.1, 0.15) is 10.8 Å². The normalized spacial score (nSPS) is 13.8. The molecule has 0 unspecified atom stereocenters. The first-order chi connectivity index (χ1) is 8.22. The van der Waals surface area contributed by atoms with Crippen LogP contribution in [-0.4, -0.2) is 22.6 Å². The summed E-state index contributed by atoms with van der Waals surface area (Å²) < 4.78 is 5.25. The third kappa shape index (κ3) is 1.83. The summed E-state index contributed by atoms with van der Waals surface area (Å²) in [5.74, 6) is 0.480. The van der Waals surface area contributed by atoms with Crippen molar-refractivity contribution >= 4 is 22.9 Å². The lowest BCUT2D eigenvalue weighted by molar-refractivity contribution is -0.118. The zero-order valence-corrected chi connectivity index (χ0v) is 9.45. The van der Waals surface area contributed by atoms with Gasteiger partial charge in [0.2, 0.25) is 5.88 Å². The van der Waals surface area contributed by atoms with Gasteiger partial charge in [-0.15, -0.1) is 11.3 Å². The predicted octanol–water partition coefficient (Wildman–Crippen LogP) is 1.85. The number of hydrogen-bond acceptors (Lipinski definition) is 5. The van der Waals surface area contributed by atoms with E-state index in [1.54, 1.807) is 17.5 Å². The maximum atomic E-state index is 11.2. The number of hydrogen-bond donors (Lipinski definition) is 2. The molecule has 0 saturated heterocycles. The standard InChI is InChI=1S/C11H8N2O3S/c14-9-4-16-8-2-1-6(3-7(8)12-9)11-13-10(15)5-17-11/h1-3,5,15H,4H2,(H,12,14). The number of thiazole rings is 1. The molecule has 1 aliphatic rings. The minimum atomic E-state index is -0.170. The van der Waals surface area contributed by atoms with Gasteiger partial charge in [-0.1, -0.05) is 0 Å². The Labute approximate surface area is 101 Å². The third-order valence-corrected chi connectivity index (χ3v) is 3.23. The molecule has 1 aromatic carbocycles. The van der Waals surface area contributed by atoms with E-state index >= 15 is 0 Å². The molecule has 5 nitrogen and oxygen atoms in total.